The van der Waals surface area contributed by atoms with Crippen molar-refractivity contribution >= 4 is 5.91 Å². The summed E-state index contributed by atoms with van der Waals surface area (Å²) in [6.45, 7) is 8.38. The molecule has 20 heavy (non-hydrogen) atoms. The molecule has 0 atom stereocenters. The zero-order valence-electron chi connectivity index (χ0n) is 12.4. The number of nitrogens with zero attached hydrogens (tertiary/aromatic N) is 2. The SMILES string of the molecule is Cc1ncc(C(=O)NCC2=CCNCC2)c(C(C)C)n1. The quantitative estimate of drug-likeness (QED) is 0.818. The van der Waals surface area contributed by atoms with Crippen molar-refractivity contribution in [3.05, 3.63) is 34.9 Å². The Bertz CT molecular complexity index is 523. The van der Waals surface area contributed by atoms with Gasteiger partial charge in [-0.2, -0.15) is 0 Å². The number of hydrogen-bond acceptors (Lipinski definition) is 4. The largest absolute Gasteiger partial charge is 0.348 e. The van der Waals surface area contributed by atoms with Gasteiger partial charge in [0, 0.05) is 19.3 Å². The first-order valence-electron chi connectivity index (χ1n) is 7.08. The predicted octanol–water partition coefficient (Wildman–Crippen LogP) is 1.56. The van der Waals surface area contributed by atoms with E-state index in [2.05, 4.69) is 26.7 Å². The first-order valence-corrected chi connectivity index (χ1v) is 7.08. The third-order valence-corrected chi connectivity index (χ3v) is 3.36. The molecule has 1 amide bonds. The van der Waals surface area contributed by atoms with Gasteiger partial charge in [0.2, 0.25) is 0 Å². The Morgan fingerprint density at radius 1 is 1.50 bits per heavy atom. The van der Waals surface area contributed by atoms with E-state index in [-0.39, 0.29) is 11.8 Å². The smallest absolute Gasteiger partial charge is 0.254 e. The number of carbonyl (C=O) groups excluding carboxylic acids is 1. The van der Waals surface area contributed by atoms with Crippen molar-refractivity contribution in [3.63, 3.8) is 0 Å². The second-order valence-electron chi connectivity index (χ2n) is 5.37. The molecule has 1 aromatic heterocycles. The van der Waals surface area contributed by atoms with Crippen LogP contribution in [0.4, 0.5) is 0 Å². The van der Waals surface area contributed by atoms with E-state index >= 15 is 0 Å². The third kappa shape index (κ3) is 3.63. The molecule has 1 aliphatic heterocycles. The average molecular weight is 274 g/mol. The molecule has 0 spiro atoms. The van der Waals surface area contributed by atoms with Crippen molar-refractivity contribution in [2.24, 2.45) is 0 Å². The van der Waals surface area contributed by atoms with Gasteiger partial charge in [-0.3, -0.25) is 4.79 Å². The summed E-state index contributed by atoms with van der Waals surface area (Å²) >= 11 is 0. The van der Waals surface area contributed by atoms with Crippen LogP contribution >= 0.6 is 0 Å². The molecule has 0 radical (unpaired) electrons. The molecule has 2 rings (SSSR count). The number of carbonyl (C=O) groups is 1. The van der Waals surface area contributed by atoms with Gasteiger partial charge in [-0.25, -0.2) is 9.97 Å². The highest BCUT2D eigenvalue weighted by Gasteiger charge is 2.16. The van der Waals surface area contributed by atoms with E-state index in [9.17, 15) is 4.79 Å². The summed E-state index contributed by atoms with van der Waals surface area (Å²) in [5.74, 6) is 0.815. The minimum absolute atomic E-state index is 0.0897. The maximum absolute atomic E-state index is 12.3. The third-order valence-electron chi connectivity index (χ3n) is 3.36. The van der Waals surface area contributed by atoms with Gasteiger partial charge >= 0.3 is 0 Å². The van der Waals surface area contributed by atoms with E-state index in [1.165, 1.54) is 5.57 Å². The summed E-state index contributed by atoms with van der Waals surface area (Å²) in [4.78, 5) is 20.8. The lowest BCUT2D eigenvalue weighted by Crippen LogP contribution is -2.30. The highest BCUT2D eigenvalue weighted by Crippen LogP contribution is 2.16. The molecule has 5 heteroatoms. The lowest BCUT2D eigenvalue weighted by molar-refractivity contribution is 0.0954. The van der Waals surface area contributed by atoms with Crippen LogP contribution in [0.25, 0.3) is 0 Å². The summed E-state index contributed by atoms with van der Waals surface area (Å²) in [7, 11) is 0. The first-order chi connectivity index (χ1) is 9.58. The highest BCUT2D eigenvalue weighted by molar-refractivity contribution is 5.95. The molecule has 0 saturated carbocycles. The molecule has 0 bridgehead atoms. The molecule has 0 saturated heterocycles. The first kappa shape index (κ1) is 14.7. The second-order valence-corrected chi connectivity index (χ2v) is 5.37. The molecule has 108 valence electrons. The van der Waals surface area contributed by atoms with E-state index in [0.717, 1.165) is 25.2 Å². The summed E-state index contributed by atoms with van der Waals surface area (Å²) in [6, 6.07) is 0. The van der Waals surface area contributed by atoms with E-state index in [4.69, 9.17) is 0 Å². The predicted molar refractivity (Wildman–Crippen MR) is 78.8 cm³/mol. The average Bonchev–Trinajstić information content (AvgIpc) is 2.45. The van der Waals surface area contributed by atoms with E-state index in [1.54, 1.807) is 6.20 Å². The fraction of sp³-hybridized carbons (Fsp3) is 0.533. The van der Waals surface area contributed by atoms with E-state index < -0.39 is 0 Å². The molecular formula is C15H22N4O. The fourth-order valence-corrected chi connectivity index (χ4v) is 2.22. The van der Waals surface area contributed by atoms with Crippen LogP contribution in [0, 0.1) is 6.92 Å². The molecule has 0 aliphatic carbocycles. The molecule has 2 heterocycles. The molecule has 1 aromatic rings. The van der Waals surface area contributed by atoms with Crippen molar-refractivity contribution in [1.82, 2.24) is 20.6 Å². The minimum atomic E-state index is -0.0897. The van der Waals surface area contributed by atoms with Crippen molar-refractivity contribution < 1.29 is 4.79 Å². The van der Waals surface area contributed by atoms with Gasteiger partial charge in [0.05, 0.1) is 11.3 Å². The molecule has 1 aliphatic rings. The van der Waals surface area contributed by atoms with Crippen molar-refractivity contribution in [1.29, 1.82) is 0 Å². The van der Waals surface area contributed by atoms with Gasteiger partial charge in [0.15, 0.2) is 0 Å². The molecule has 0 unspecified atom stereocenters. The van der Waals surface area contributed by atoms with E-state index in [0.29, 0.717) is 17.9 Å². The van der Waals surface area contributed by atoms with Gasteiger partial charge in [0.25, 0.3) is 5.91 Å². The molecule has 0 aromatic carbocycles. The fourth-order valence-electron chi connectivity index (χ4n) is 2.22. The summed E-state index contributed by atoms with van der Waals surface area (Å²) < 4.78 is 0. The Labute approximate surface area is 119 Å². The van der Waals surface area contributed by atoms with Crippen LogP contribution in [-0.4, -0.2) is 35.5 Å². The summed E-state index contributed by atoms with van der Waals surface area (Å²) in [5, 5.41) is 6.22. The van der Waals surface area contributed by atoms with Gasteiger partial charge in [-0.15, -0.1) is 0 Å². The second kappa shape index (κ2) is 6.61. The molecular weight excluding hydrogens is 252 g/mol. The van der Waals surface area contributed by atoms with Gasteiger partial charge in [-0.1, -0.05) is 25.5 Å². The molecule has 0 fully saturated rings. The van der Waals surface area contributed by atoms with Gasteiger partial charge in [-0.05, 0) is 25.8 Å². The Hall–Kier alpha value is -1.75. The number of aryl methyl sites for hydroxylation is 1. The van der Waals surface area contributed by atoms with Crippen molar-refractivity contribution in [3.8, 4) is 0 Å². The van der Waals surface area contributed by atoms with Crippen LogP contribution in [0.3, 0.4) is 0 Å². The topological polar surface area (TPSA) is 66.9 Å². The highest BCUT2D eigenvalue weighted by atomic mass is 16.1. The van der Waals surface area contributed by atoms with Crippen molar-refractivity contribution in [2.45, 2.75) is 33.1 Å². The van der Waals surface area contributed by atoms with Crippen LogP contribution in [0.2, 0.25) is 0 Å². The zero-order chi connectivity index (χ0) is 14.5. The zero-order valence-corrected chi connectivity index (χ0v) is 12.4. The van der Waals surface area contributed by atoms with Crippen LogP contribution < -0.4 is 10.6 Å². The number of hydrogen-bond donors (Lipinski definition) is 2. The summed E-state index contributed by atoms with van der Waals surface area (Å²) in [6.07, 6.45) is 4.75. The van der Waals surface area contributed by atoms with Crippen LogP contribution in [-0.2, 0) is 0 Å². The monoisotopic (exact) mass is 274 g/mol. The van der Waals surface area contributed by atoms with Crippen LogP contribution in [0.15, 0.2) is 17.8 Å². The minimum Gasteiger partial charge on any atom is -0.348 e. The maximum atomic E-state index is 12.3. The van der Waals surface area contributed by atoms with Crippen molar-refractivity contribution in [2.75, 3.05) is 19.6 Å². The van der Waals surface area contributed by atoms with E-state index in [1.807, 2.05) is 20.8 Å². The Morgan fingerprint density at radius 2 is 2.30 bits per heavy atom. The number of rotatable bonds is 4. The summed E-state index contributed by atoms with van der Waals surface area (Å²) in [5.41, 5.74) is 2.67. The standard InChI is InChI=1S/C15H22N4O/c1-10(2)14-13(9-17-11(3)19-14)15(20)18-8-12-4-6-16-7-5-12/h4,9-10,16H,5-8H2,1-3H3,(H,18,20). The Kier molecular flexibility index (Phi) is 4.84. The normalized spacial score (nSPS) is 15.1. The van der Waals surface area contributed by atoms with Crippen LogP contribution in [0.5, 0.6) is 0 Å². The molecule has 2 N–H and O–H groups in total. The lowest BCUT2D eigenvalue weighted by atomic mass is 10.0. The lowest BCUT2D eigenvalue weighted by Gasteiger charge is -2.16. The Balaban J connectivity index is 2.07. The number of nitrogens with one attached hydrogen (secondary N) is 2. The van der Waals surface area contributed by atoms with Crippen LogP contribution in [0.1, 0.15) is 48.1 Å². The van der Waals surface area contributed by atoms with Gasteiger partial charge < -0.3 is 10.6 Å². The maximum Gasteiger partial charge on any atom is 0.254 e. The number of amides is 1. The number of aromatic nitrogens is 2. The Morgan fingerprint density at radius 3 is 2.95 bits per heavy atom. The van der Waals surface area contributed by atoms with Gasteiger partial charge in [0.1, 0.15) is 5.82 Å². The molecule has 5 nitrogen and oxygen atoms in total.